The Balaban J connectivity index is 1.78. The molecule has 2 fully saturated rings. The summed E-state index contributed by atoms with van der Waals surface area (Å²) in [6, 6.07) is 2.92. The topological polar surface area (TPSA) is 32.5 Å². The highest BCUT2D eigenvalue weighted by Crippen LogP contribution is 2.39. The molecule has 0 saturated carbocycles. The molecule has 2 aliphatic heterocycles. The Labute approximate surface area is 114 Å². The van der Waals surface area contributed by atoms with Gasteiger partial charge in [0.25, 0.3) is 0 Å². The highest BCUT2D eigenvalue weighted by atomic mass is 32.1. The predicted molar refractivity (Wildman–Crippen MR) is 76.8 cm³/mol. The van der Waals surface area contributed by atoms with Crippen molar-refractivity contribution in [2.75, 3.05) is 26.7 Å². The van der Waals surface area contributed by atoms with Gasteiger partial charge in [-0.1, -0.05) is 0 Å². The minimum atomic E-state index is 0.207. The van der Waals surface area contributed by atoms with E-state index in [-0.39, 0.29) is 5.54 Å². The van der Waals surface area contributed by atoms with Crippen LogP contribution >= 0.6 is 11.3 Å². The number of rotatable bonds is 4. The summed E-state index contributed by atoms with van der Waals surface area (Å²) in [6.45, 7) is 4.33. The van der Waals surface area contributed by atoms with Gasteiger partial charge in [-0.3, -0.25) is 9.80 Å². The predicted octanol–water partition coefficient (Wildman–Crippen LogP) is 1.75. The first-order chi connectivity index (χ1) is 8.76. The second-order valence-electron chi connectivity index (χ2n) is 5.74. The van der Waals surface area contributed by atoms with E-state index < -0.39 is 0 Å². The number of thiophene rings is 1. The van der Waals surface area contributed by atoms with Crippen molar-refractivity contribution in [1.29, 1.82) is 0 Å². The fourth-order valence-corrected chi connectivity index (χ4v) is 4.52. The second kappa shape index (κ2) is 4.93. The lowest BCUT2D eigenvalue weighted by molar-refractivity contribution is 0.0842. The average Bonchev–Trinajstić information content (AvgIpc) is 3.05. The summed E-state index contributed by atoms with van der Waals surface area (Å²) in [5, 5.41) is 4.41. The maximum absolute atomic E-state index is 6.19. The minimum absolute atomic E-state index is 0.207. The molecule has 2 unspecified atom stereocenters. The van der Waals surface area contributed by atoms with Crippen LogP contribution < -0.4 is 5.73 Å². The molecular formula is C14H23N3S. The van der Waals surface area contributed by atoms with E-state index in [2.05, 4.69) is 33.7 Å². The van der Waals surface area contributed by atoms with E-state index in [0.29, 0.717) is 6.04 Å². The van der Waals surface area contributed by atoms with Crippen LogP contribution in [-0.4, -0.2) is 48.1 Å². The van der Waals surface area contributed by atoms with Crippen molar-refractivity contribution in [2.45, 2.75) is 37.4 Å². The lowest BCUT2D eigenvalue weighted by Gasteiger charge is -2.42. The summed E-state index contributed by atoms with van der Waals surface area (Å²) in [5.41, 5.74) is 7.82. The summed E-state index contributed by atoms with van der Waals surface area (Å²) in [6.07, 6.45) is 3.90. The van der Waals surface area contributed by atoms with Crippen molar-refractivity contribution >= 4 is 11.3 Å². The third kappa shape index (κ3) is 1.92. The number of fused-ring (bicyclic) bond motifs is 1. The van der Waals surface area contributed by atoms with Crippen molar-refractivity contribution in [2.24, 2.45) is 5.73 Å². The van der Waals surface area contributed by atoms with Crippen LogP contribution in [-0.2, 0) is 6.54 Å². The van der Waals surface area contributed by atoms with Gasteiger partial charge < -0.3 is 5.73 Å². The van der Waals surface area contributed by atoms with Gasteiger partial charge in [0.2, 0.25) is 0 Å². The number of hydrogen-bond acceptors (Lipinski definition) is 4. The van der Waals surface area contributed by atoms with Crippen molar-refractivity contribution < 1.29 is 0 Å². The van der Waals surface area contributed by atoms with E-state index in [4.69, 9.17) is 5.73 Å². The molecule has 2 N–H and O–H groups in total. The van der Waals surface area contributed by atoms with Gasteiger partial charge in [-0.2, -0.15) is 11.3 Å². The van der Waals surface area contributed by atoms with Crippen LogP contribution in [0.2, 0.25) is 0 Å². The van der Waals surface area contributed by atoms with Crippen LogP contribution in [0.1, 0.15) is 24.8 Å². The van der Waals surface area contributed by atoms with E-state index in [0.717, 1.165) is 13.1 Å². The average molecular weight is 265 g/mol. The Bertz CT molecular complexity index is 392. The second-order valence-corrected chi connectivity index (χ2v) is 6.52. The van der Waals surface area contributed by atoms with E-state index in [1.807, 2.05) is 0 Å². The Hall–Kier alpha value is -0.420. The van der Waals surface area contributed by atoms with Crippen LogP contribution in [0.5, 0.6) is 0 Å². The molecular weight excluding hydrogens is 242 g/mol. The Morgan fingerprint density at radius 2 is 2.44 bits per heavy atom. The van der Waals surface area contributed by atoms with Crippen LogP contribution in [0.25, 0.3) is 0 Å². The molecule has 3 heterocycles. The van der Waals surface area contributed by atoms with Gasteiger partial charge in [0.15, 0.2) is 0 Å². The summed E-state index contributed by atoms with van der Waals surface area (Å²) >= 11 is 1.78. The number of hydrogen-bond donors (Lipinski definition) is 1. The highest BCUT2D eigenvalue weighted by Gasteiger charge is 2.50. The zero-order chi connectivity index (χ0) is 12.6. The number of nitrogens with two attached hydrogens (primary N) is 1. The fourth-order valence-electron chi connectivity index (χ4n) is 3.86. The van der Waals surface area contributed by atoms with Crippen LogP contribution in [0.4, 0.5) is 0 Å². The van der Waals surface area contributed by atoms with Crippen LogP contribution in [0.15, 0.2) is 16.8 Å². The maximum Gasteiger partial charge on any atom is 0.0499 e. The van der Waals surface area contributed by atoms with Gasteiger partial charge in [0, 0.05) is 31.2 Å². The molecule has 2 saturated heterocycles. The van der Waals surface area contributed by atoms with Crippen molar-refractivity contribution in [3.8, 4) is 0 Å². The molecule has 0 aromatic carbocycles. The van der Waals surface area contributed by atoms with Crippen molar-refractivity contribution in [1.82, 2.24) is 9.80 Å². The quantitative estimate of drug-likeness (QED) is 0.900. The summed E-state index contributed by atoms with van der Waals surface area (Å²) < 4.78 is 0. The zero-order valence-corrected chi connectivity index (χ0v) is 12.0. The SMILES string of the molecule is CN(Cc1ccsc1)C1(CN)CCN2CCCC21. The van der Waals surface area contributed by atoms with Gasteiger partial charge in [0.1, 0.15) is 0 Å². The lowest BCUT2D eigenvalue weighted by atomic mass is 9.86. The first-order valence-electron chi connectivity index (χ1n) is 6.93. The van der Waals surface area contributed by atoms with E-state index in [1.54, 1.807) is 11.3 Å². The molecule has 2 atom stereocenters. The van der Waals surface area contributed by atoms with Crippen molar-refractivity contribution in [3.63, 3.8) is 0 Å². The van der Waals surface area contributed by atoms with Gasteiger partial charge >= 0.3 is 0 Å². The fraction of sp³-hybridized carbons (Fsp3) is 0.714. The van der Waals surface area contributed by atoms with Gasteiger partial charge in [-0.25, -0.2) is 0 Å². The highest BCUT2D eigenvalue weighted by molar-refractivity contribution is 7.07. The van der Waals surface area contributed by atoms with Crippen LogP contribution in [0.3, 0.4) is 0 Å². The summed E-state index contributed by atoms with van der Waals surface area (Å²) in [4.78, 5) is 5.17. The molecule has 0 bridgehead atoms. The molecule has 2 aliphatic rings. The van der Waals surface area contributed by atoms with Crippen LogP contribution in [0, 0.1) is 0 Å². The van der Waals surface area contributed by atoms with Crippen molar-refractivity contribution in [3.05, 3.63) is 22.4 Å². The van der Waals surface area contributed by atoms with E-state index in [1.165, 1.54) is 37.9 Å². The monoisotopic (exact) mass is 265 g/mol. The first kappa shape index (κ1) is 12.6. The molecule has 3 nitrogen and oxygen atoms in total. The largest absolute Gasteiger partial charge is 0.329 e. The van der Waals surface area contributed by atoms with Gasteiger partial charge in [-0.05, 0) is 55.2 Å². The molecule has 100 valence electrons. The van der Waals surface area contributed by atoms with Gasteiger partial charge in [-0.15, -0.1) is 0 Å². The Kier molecular flexibility index (Phi) is 3.45. The molecule has 0 amide bonds. The molecule has 1 aromatic rings. The summed E-state index contributed by atoms with van der Waals surface area (Å²) in [7, 11) is 2.26. The maximum atomic E-state index is 6.19. The van der Waals surface area contributed by atoms with E-state index >= 15 is 0 Å². The molecule has 4 heteroatoms. The van der Waals surface area contributed by atoms with E-state index in [9.17, 15) is 0 Å². The smallest absolute Gasteiger partial charge is 0.0499 e. The first-order valence-corrected chi connectivity index (χ1v) is 7.87. The number of likely N-dealkylation sites (N-methyl/N-ethyl adjacent to an activating group) is 1. The molecule has 1 aromatic heterocycles. The molecule has 0 aliphatic carbocycles. The normalized spacial score (nSPS) is 32.3. The third-order valence-electron chi connectivity index (χ3n) is 4.93. The molecule has 3 rings (SSSR count). The standard InChI is InChI=1S/C14H23N3S/c1-16(9-12-4-8-18-10-12)14(11-15)5-7-17-6-2-3-13(14)17/h4,8,10,13H,2-3,5-7,9,11,15H2,1H3. The molecule has 18 heavy (non-hydrogen) atoms. The number of nitrogens with zero attached hydrogens (tertiary/aromatic N) is 2. The minimum Gasteiger partial charge on any atom is -0.329 e. The zero-order valence-electron chi connectivity index (χ0n) is 11.1. The summed E-state index contributed by atoms with van der Waals surface area (Å²) in [5.74, 6) is 0. The molecule has 0 spiro atoms. The molecule has 0 radical (unpaired) electrons. The van der Waals surface area contributed by atoms with Gasteiger partial charge in [0.05, 0.1) is 0 Å². The third-order valence-corrected chi connectivity index (χ3v) is 5.66. The Morgan fingerprint density at radius 1 is 1.56 bits per heavy atom. The lowest BCUT2D eigenvalue weighted by Crippen LogP contribution is -2.58. The Morgan fingerprint density at radius 3 is 3.17 bits per heavy atom.